The summed E-state index contributed by atoms with van der Waals surface area (Å²) >= 11 is 0. The van der Waals surface area contributed by atoms with Gasteiger partial charge in [0.1, 0.15) is 28.5 Å². The smallest absolute Gasteiger partial charge is 0.159 e. The first-order chi connectivity index (χ1) is 38.0. The quantitative estimate of drug-likeness (QED) is 0.173. The van der Waals surface area contributed by atoms with Gasteiger partial charge in [0.25, 0.3) is 0 Å². The maximum atomic E-state index is 7.18. The minimum atomic E-state index is -1.02. The molecule has 5 heterocycles. The van der Waals surface area contributed by atoms with Crippen LogP contribution in [0.1, 0.15) is 46.4 Å². The third kappa shape index (κ3) is 6.70. The zero-order valence-corrected chi connectivity index (χ0v) is 42.0. The van der Waals surface area contributed by atoms with E-state index >= 15 is 0 Å². The lowest BCUT2D eigenvalue weighted by Gasteiger charge is -2.35. The molecule has 3 aliphatic rings. The summed E-state index contributed by atoms with van der Waals surface area (Å²) < 4.78 is 19.1. The molecule has 0 saturated heterocycles. The summed E-state index contributed by atoms with van der Waals surface area (Å²) in [7, 11) is 0. The highest BCUT2D eigenvalue weighted by atomic mass is 16.5. The first-order valence-corrected chi connectivity index (χ1v) is 26.4. The van der Waals surface area contributed by atoms with Crippen LogP contribution in [0.5, 0.6) is 5.75 Å². The molecule has 0 bridgehead atoms. The van der Waals surface area contributed by atoms with Gasteiger partial charge in [-0.3, -0.25) is 0 Å². The number of hydrogen-bond donors (Lipinski definition) is 1. The molecule has 7 nitrogen and oxygen atoms in total. The number of nitrogens with zero attached hydrogens (tertiary/aromatic N) is 4. The number of allylic oxidation sites excluding steroid dienone is 1. The van der Waals surface area contributed by atoms with Crippen molar-refractivity contribution >= 4 is 72.4 Å². The van der Waals surface area contributed by atoms with Crippen molar-refractivity contribution in [1.29, 1.82) is 0 Å². The van der Waals surface area contributed by atoms with Gasteiger partial charge in [0.2, 0.25) is 0 Å². The highest BCUT2D eigenvalue weighted by Gasteiger charge is 2.39. The van der Waals surface area contributed by atoms with Crippen molar-refractivity contribution < 1.29 is 9.15 Å². The molecule has 0 radical (unpaired) electrons. The van der Waals surface area contributed by atoms with Crippen molar-refractivity contribution in [3.63, 3.8) is 0 Å². The predicted molar refractivity (Wildman–Crippen MR) is 314 cm³/mol. The Balaban J connectivity index is 0.892. The van der Waals surface area contributed by atoms with Gasteiger partial charge in [0.15, 0.2) is 11.5 Å². The summed E-state index contributed by atoms with van der Waals surface area (Å²) in [5.74, 6) is 3.32. The monoisotopic (exact) mass is 989 g/mol. The fourth-order valence-electron chi connectivity index (χ4n) is 12.6. The topological polar surface area (TPSA) is 69.0 Å². The van der Waals surface area contributed by atoms with Crippen molar-refractivity contribution in [2.75, 3.05) is 0 Å². The second kappa shape index (κ2) is 16.8. The maximum absolute atomic E-state index is 7.18. The van der Waals surface area contributed by atoms with Crippen molar-refractivity contribution in [3.05, 3.63) is 276 Å². The van der Waals surface area contributed by atoms with Gasteiger partial charge in [-0.1, -0.05) is 182 Å². The van der Waals surface area contributed by atoms with E-state index in [-0.39, 0.29) is 5.92 Å². The van der Waals surface area contributed by atoms with Crippen LogP contribution in [0.3, 0.4) is 0 Å². The van der Waals surface area contributed by atoms with E-state index in [1.54, 1.807) is 0 Å². The molecule has 0 amide bonds. The SMILES string of the molecule is CC1(c2cc(-c3cccc4c3OC3=Cc5c(c6ccccc6n5-c5ccccc5)CC34)ccc2-c2cccc3c2oc2cc4c(cc23)c2ccccc2n4-c2ccccc2)N=C(c2ccccc2)N=C(c2ccccc2)N1. The molecule has 13 aromatic rings. The minimum absolute atomic E-state index is 0.0757. The van der Waals surface area contributed by atoms with Crippen molar-refractivity contribution in [3.8, 4) is 39.4 Å². The Labute approximate surface area is 444 Å². The third-order valence-electron chi connectivity index (χ3n) is 16.1. The molecule has 7 heteroatoms. The first-order valence-electron chi connectivity index (χ1n) is 26.4. The Kier molecular flexibility index (Phi) is 9.46. The zero-order valence-electron chi connectivity index (χ0n) is 42.0. The first kappa shape index (κ1) is 43.4. The molecule has 16 rings (SSSR count). The van der Waals surface area contributed by atoms with Crippen LogP contribution < -0.4 is 10.1 Å². The molecule has 1 N–H and O–H groups in total. The number of ether oxygens (including phenoxy) is 1. The minimum Gasteiger partial charge on any atom is -0.460 e. The summed E-state index contributed by atoms with van der Waals surface area (Å²) in [5, 5.41) is 9.67. The van der Waals surface area contributed by atoms with Gasteiger partial charge in [-0.25, -0.2) is 9.98 Å². The summed E-state index contributed by atoms with van der Waals surface area (Å²) in [5.41, 5.74) is 16.9. The number of benzene rings is 10. The van der Waals surface area contributed by atoms with Gasteiger partial charge in [-0.2, -0.15) is 0 Å². The van der Waals surface area contributed by atoms with Crippen LogP contribution in [-0.4, -0.2) is 20.8 Å². The van der Waals surface area contributed by atoms with Crippen LogP contribution in [0, 0.1) is 0 Å². The summed E-state index contributed by atoms with van der Waals surface area (Å²) in [6.45, 7) is 2.17. The molecule has 0 fully saturated rings. The molecule has 2 aliphatic heterocycles. The van der Waals surface area contributed by atoms with E-state index in [1.165, 1.54) is 38.5 Å². The molecular weight excluding hydrogens is 943 g/mol. The predicted octanol–water partition coefficient (Wildman–Crippen LogP) is 16.7. The number of fused-ring (bicyclic) bond motifs is 12. The maximum Gasteiger partial charge on any atom is 0.159 e. The molecule has 0 saturated carbocycles. The summed E-state index contributed by atoms with van der Waals surface area (Å²) in [4.78, 5) is 10.8. The third-order valence-corrected chi connectivity index (χ3v) is 16.1. The number of nitrogens with one attached hydrogen (secondary N) is 1. The van der Waals surface area contributed by atoms with Crippen LogP contribution in [-0.2, 0) is 12.1 Å². The molecule has 364 valence electrons. The molecule has 10 aromatic carbocycles. The number of rotatable bonds is 7. The van der Waals surface area contributed by atoms with Gasteiger partial charge in [0, 0.05) is 83.8 Å². The van der Waals surface area contributed by atoms with Gasteiger partial charge in [-0.05, 0) is 78.6 Å². The van der Waals surface area contributed by atoms with E-state index < -0.39 is 5.66 Å². The lowest BCUT2D eigenvalue weighted by molar-refractivity contribution is 0.430. The molecule has 1 aliphatic carbocycles. The van der Waals surface area contributed by atoms with E-state index in [1.807, 2.05) is 24.3 Å². The van der Waals surface area contributed by atoms with E-state index in [2.05, 4.69) is 240 Å². The van der Waals surface area contributed by atoms with E-state index in [9.17, 15) is 0 Å². The van der Waals surface area contributed by atoms with E-state index in [0.717, 1.165) is 107 Å². The van der Waals surface area contributed by atoms with Crippen LogP contribution in [0.25, 0.3) is 94.4 Å². The Hall–Kier alpha value is -9.98. The fourth-order valence-corrected chi connectivity index (χ4v) is 12.6. The van der Waals surface area contributed by atoms with Crippen molar-refractivity contribution in [2.45, 2.75) is 24.9 Å². The normalized spacial score (nSPS) is 16.7. The zero-order chi connectivity index (χ0) is 50.8. The Morgan fingerprint density at radius 1 is 0.506 bits per heavy atom. The number of para-hydroxylation sites is 6. The van der Waals surface area contributed by atoms with E-state index in [4.69, 9.17) is 19.1 Å². The fraction of sp³-hybridized carbons (Fsp3) is 0.0571. The second-order valence-electron chi connectivity index (χ2n) is 20.6. The number of furan rings is 1. The highest BCUT2D eigenvalue weighted by molar-refractivity contribution is 6.19. The Morgan fingerprint density at radius 3 is 1.91 bits per heavy atom. The number of amidine groups is 2. The Morgan fingerprint density at radius 2 is 1.14 bits per heavy atom. The molecule has 77 heavy (non-hydrogen) atoms. The lowest BCUT2D eigenvalue weighted by Crippen LogP contribution is -2.46. The highest BCUT2D eigenvalue weighted by Crippen LogP contribution is 2.53. The molecule has 3 aromatic heterocycles. The lowest BCUT2D eigenvalue weighted by atomic mass is 9.84. The van der Waals surface area contributed by atoms with Crippen LogP contribution in [0.15, 0.2) is 257 Å². The van der Waals surface area contributed by atoms with Gasteiger partial charge in [0.05, 0.1) is 28.2 Å². The van der Waals surface area contributed by atoms with Crippen molar-refractivity contribution in [2.24, 2.45) is 9.98 Å². The average molecular weight is 990 g/mol. The second-order valence-corrected chi connectivity index (χ2v) is 20.6. The summed E-state index contributed by atoms with van der Waals surface area (Å²) in [6, 6.07) is 83.8. The summed E-state index contributed by atoms with van der Waals surface area (Å²) in [6.07, 6.45) is 3.12. The largest absolute Gasteiger partial charge is 0.460 e. The van der Waals surface area contributed by atoms with Gasteiger partial charge >= 0.3 is 0 Å². The number of aliphatic imine (C=N–C) groups is 2. The molecular formula is C70H47N5O2. The standard InChI is InChI=1S/C70H47N5O2/c1-70(72-68(43-20-6-2-7-21-43)71-69(73-70)44-22-8-3-9-23-44)59-38-45(48-30-18-32-53-57-39-55-50-28-14-16-34-60(50)74(46-24-10-4-11-25-46)62(55)41-64(57)76-66(48)53)36-37-49(59)52-31-19-33-54-58-40-56-51-29-15-17-35-61(51)75(47-26-12-5-13-27-47)63(56)42-65(58)77-67(52)54/h2-38,40-42,57H,39H2,1H3,(H,71,72,73). The molecule has 2 unspecified atom stereocenters. The van der Waals surface area contributed by atoms with Gasteiger partial charge in [-0.15, -0.1) is 0 Å². The molecule has 2 atom stereocenters. The van der Waals surface area contributed by atoms with Crippen LogP contribution in [0.2, 0.25) is 0 Å². The average Bonchev–Trinajstić information content (AvgIpc) is 4.34. The van der Waals surface area contributed by atoms with Crippen LogP contribution in [0.4, 0.5) is 0 Å². The van der Waals surface area contributed by atoms with Crippen LogP contribution >= 0.6 is 0 Å². The number of aromatic nitrogens is 2. The Bertz CT molecular complexity index is 4660. The van der Waals surface area contributed by atoms with Gasteiger partial charge < -0.3 is 23.6 Å². The van der Waals surface area contributed by atoms with E-state index in [0.29, 0.717) is 5.84 Å². The molecule has 0 spiro atoms. The number of hydrogen-bond acceptors (Lipinski definition) is 5. The van der Waals surface area contributed by atoms with Crippen molar-refractivity contribution in [1.82, 2.24) is 14.5 Å².